The van der Waals surface area contributed by atoms with Crippen molar-refractivity contribution in [3.63, 3.8) is 0 Å². The summed E-state index contributed by atoms with van der Waals surface area (Å²) in [7, 11) is 1.41. The SMILES string of the molecule is C=C[C@H]1CCN[C@@H]1C(=O)OC. The van der Waals surface area contributed by atoms with Gasteiger partial charge < -0.3 is 10.1 Å². The third kappa shape index (κ3) is 1.60. The van der Waals surface area contributed by atoms with Crippen molar-refractivity contribution in [3.8, 4) is 0 Å². The first-order chi connectivity index (χ1) is 5.29. The molecule has 0 unspecified atom stereocenters. The van der Waals surface area contributed by atoms with E-state index in [9.17, 15) is 4.79 Å². The Balaban J connectivity index is 2.56. The summed E-state index contributed by atoms with van der Waals surface area (Å²) in [6.45, 7) is 4.53. The van der Waals surface area contributed by atoms with Crippen LogP contribution in [0.4, 0.5) is 0 Å². The highest BCUT2D eigenvalue weighted by atomic mass is 16.5. The maximum atomic E-state index is 11.1. The van der Waals surface area contributed by atoms with Crippen molar-refractivity contribution in [3.05, 3.63) is 12.7 Å². The van der Waals surface area contributed by atoms with Crippen LogP contribution >= 0.6 is 0 Å². The van der Waals surface area contributed by atoms with Crippen LogP contribution in [0.2, 0.25) is 0 Å². The highest BCUT2D eigenvalue weighted by molar-refractivity contribution is 5.76. The van der Waals surface area contributed by atoms with Crippen LogP contribution < -0.4 is 5.32 Å². The van der Waals surface area contributed by atoms with E-state index in [-0.39, 0.29) is 17.9 Å². The van der Waals surface area contributed by atoms with Gasteiger partial charge in [-0.2, -0.15) is 0 Å². The fraction of sp³-hybridized carbons (Fsp3) is 0.625. The lowest BCUT2D eigenvalue weighted by molar-refractivity contribution is -0.143. The number of carbonyl (C=O) groups is 1. The van der Waals surface area contributed by atoms with Gasteiger partial charge >= 0.3 is 5.97 Å². The van der Waals surface area contributed by atoms with E-state index < -0.39 is 0 Å². The maximum absolute atomic E-state index is 11.1. The van der Waals surface area contributed by atoms with Gasteiger partial charge in [-0.3, -0.25) is 4.79 Å². The van der Waals surface area contributed by atoms with Gasteiger partial charge in [-0.25, -0.2) is 0 Å². The number of rotatable bonds is 2. The fourth-order valence-electron chi connectivity index (χ4n) is 1.36. The number of methoxy groups -OCH3 is 1. The zero-order valence-corrected chi connectivity index (χ0v) is 6.67. The molecule has 0 bridgehead atoms. The van der Waals surface area contributed by atoms with Crippen LogP contribution in [0.1, 0.15) is 6.42 Å². The second kappa shape index (κ2) is 3.53. The molecule has 11 heavy (non-hydrogen) atoms. The van der Waals surface area contributed by atoms with E-state index in [2.05, 4.69) is 16.6 Å². The minimum absolute atomic E-state index is 0.169. The zero-order valence-electron chi connectivity index (χ0n) is 6.67. The first kappa shape index (κ1) is 8.27. The van der Waals surface area contributed by atoms with Crippen LogP contribution in [-0.4, -0.2) is 25.7 Å². The Kier molecular flexibility index (Phi) is 2.65. The van der Waals surface area contributed by atoms with Gasteiger partial charge in [-0.1, -0.05) is 6.08 Å². The number of ether oxygens (including phenoxy) is 1. The standard InChI is InChI=1S/C8H13NO2/c1-3-6-4-5-9-7(6)8(10)11-2/h3,6-7,9H,1,4-5H2,2H3/t6-,7-/m0/s1. The lowest BCUT2D eigenvalue weighted by Crippen LogP contribution is -2.35. The third-order valence-electron chi connectivity index (χ3n) is 2.03. The summed E-state index contributed by atoms with van der Waals surface area (Å²) < 4.78 is 4.62. The number of hydrogen-bond acceptors (Lipinski definition) is 3. The molecule has 3 nitrogen and oxygen atoms in total. The summed E-state index contributed by atoms with van der Waals surface area (Å²) in [5.74, 6) is 0.0508. The van der Waals surface area contributed by atoms with E-state index >= 15 is 0 Å². The first-order valence-corrected chi connectivity index (χ1v) is 3.73. The quantitative estimate of drug-likeness (QED) is 0.461. The highest BCUT2D eigenvalue weighted by Gasteiger charge is 2.30. The lowest BCUT2D eigenvalue weighted by Gasteiger charge is -2.12. The van der Waals surface area contributed by atoms with Crippen molar-refractivity contribution in [1.29, 1.82) is 0 Å². The molecule has 3 heteroatoms. The molecule has 1 aliphatic heterocycles. The Labute approximate surface area is 66.4 Å². The van der Waals surface area contributed by atoms with E-state index in [1.54, 1.807) is 0 Å². The molecule has 0 radical (unpaired) electrons. The topological polar surface area (TPSA) is 38.3 Å². The van der Waals surface area contributed by atoms with Crippen LogP contribution in [0.25, 0.3) is 0 Å². The average molecular weight is 155 g/mol. The van der Waals surface area contributed by atoms with Crippen molar-refractivity contribution in [2.75, 3.05) is 13.7 Å². The van der Waals surface area contributed by atoms with E-state index in [0.29, 0.717) is 0 Å². The second-order valence-corrected chi connectivity index (χ2v) is 2.64. The summed E-state index contributed by atoms with van der Waals surface area (Å²) >= 11 is 0. The summed E-state index contributed by atoms with van der Waals surface area (Å²) in [6.07, 6.45) is 2.78. The molecule has 1 aliphatic rings. The van der Waals surface area contributed by atoms with Crippen molar-refractivity contribution in [1.82, 2.24) is 5.32 Å². The minimum Gasteiger partial charge on any atom is -0.468 e. The number of nitrogens with one attached hydrogen (secondary N) is 1. The highest BCUT2D eigenvalue weighted by Crippen LogP contribution is 2.16. The van der Waals surface area contributed by atoms with Crippen LogP contribution in [0, 0.1) is 5.92 Å². The van der Waals surface area contributed by atoms with Crippen molar-refractivity contribution >= 4 is 5.97 Å². The van der Waals surface area contributed by atoms with Crippen LogP contribution in [0.15, 0.2) is 12.7 Å². The van der Waals surface area contributed by atoms with E-state index in [1.165, 1.54) is 7.11 Å². The second-order valence-electron chi connectivity index (χ2n) is 2.64. The molecule has 1 rings (SSSR count). The monoisotopic (exact) mass is 155 g/mol. The molecule has 1 heterocycles. The zero-order chi connectivity index (χ0) is 8.27. The summed E-state index contributed by atoms with van der Waals surface area (Å²) in [6, 6.07) is -0.169. The molecule has 0 saturated carbocycles. The van der Waals surface area contributed by atoms with Gasteiger partial charge in [0, 0.05) is 5.92 Å². The Morgan fingerprint density at radius 2 is 2.55 bits per heavy atom. The van der Waals surface area contributed by atoms with Crippen molar-refractivity contribution in [2.24, 2.45) is 5.92 Å². The predicted molar refractivity (Wildman–Crippen MR) is 42.1 cm³/mol. The number of carbonyl (C=O) groups excluding carboxylic acids is 1. The molecule has 0 amide bonds. The molecule has 0 aromatic heterocycles. The molecule has 0 aliphatic carbocycles. The smallest absolute Gasteiger partial charge is 0.323 e. The van der Waals surface area contributed by atoms with E-state index in [0.717, 1.165) is 13.0 Å². The lowest BCUT2D eigenvalue weighted by atomic mass is 10.0. The Morgan fingerprint density at radius 3 is 3.09 bits per heavy atom. The van der Waals surface area contributed by atoms with Crippen molar-refractivity contribution < 1.29 is 9.53 Å². The van der Waals surface area contributed by atoms with Gasteiger partial charge in [0.1, 0.15) is 6.04 Å². The summed E-state index contributed by atoms with van der Waals surface area (Å²) in [5, 5.41) is 3.06. The molecule has 62 valence electrons. The molecule has 1 N–H and O–H groups in total. The van der Waals surface area contributed by atoms with Gasteiger partial charge in [0.05, 0.1) is 7.11 Å². The van der Waals surface area contributed by atoms with Gasteiger partial charge in [-0.05, 0) is 13.0 Å². The number of hydrogen-bond donors (Lipinski definition) is 1. The van der Waals surface area contributed by atoms with E-state index in [1.807, 2.05) is 6.08 Å². The number of esters is 1. The van der Waals surface area contributed by atoms with Crippen LogP contribution in [0.3, 0.4) is 0 Å². The van der Waals surface area contributed by atoms with Crippen LogP contribution in [-0.2, 0) is 9.53 Å². The fourth-order valence-corrected chi connectivity index (χ4v) is 1.36. The van der Waals surface area contributed by atoms with Crippen molar-refractivity contribution in [2.45, 2.75) is 12.5 Å². The third-order valence-corrected chi connectivity index (χ3v) is 2.03. The maximum Gasteiger partial charge on any atom is 0.323 e. The Hall–Kier alpha value is -0.830. The van der Waals surface area contributed by atoms with E-state index in [4.69, 9.17) is 0 Å². The molecule has 1 saturated heterocycles. The average Bonchev–Trinajstić information content (AvgIpc) is 2.50. The predicted octanol–water partition coefficient (Wildman–Crippen LogP) is 0.323. The Morgan fingerprint density at radius 1 is 1.82 bits per heavy atom. The molecular weight excluding hydrogens is 142 g/mol. The molecule has 0 aromatic carbocycles. The Bertz CT molecular complexity index is 167. The largest absolute Gasteiger partial charge is 0.468 e. The van der Waals surface area contributed by atoms with Gasteiger partial charge in [0.15, 0.2) is 0 Å². The van der Waals surface area contributed by atoms with Gasteiger partial charge in [0.25, 0.3) is 0 Å². The molecule has 1 fully saturated rings. The molecule has 0 spiro atoms. The molecular formula is C8H13NO2. The summed E-state index contributed by atoms with van der Waals surface area (Å²) in [5.41, 5.74) is 0. The summed E-state index contributed by atoms with van der Waals surface area (Å²) in [4.78, 5) is 11.1. The van der Waals surface area contributed by atoms with Gasteiger partial charge in [-0.15, -0.1) is 6.58 Å². The first-order valence-electron chi connectivity index (χ1n) is 3.73. The minimum atomic E-state index is -0.188. The van der Waals surface area contributed by atoms with Gasteiger partial charge in [0.2, 0.25) is 0 Å². The molecule has 2 atom stereocenters. The van der Waals surface area contributed by atoms with Crippen LogP contribution in [0.5, 0.6) is 0 Å². The molecule has 0 aromatic rings. The normalized spacial score (nSPS) is 29.9.